The van der Waals surface area contributed by atoms with Gasteiger partial charge in [0.15, 0.2) is 0 Å². The van der Waals surface area contributed by atoms with E-state index in [2.05, 4.69) is 37.2 Å². The molecule has 0 radical (unpaired) electrons. The van der Waals surface area contributed by atoms with E-state index in [1.54, 1.807) is 0 Å². The highest BCUT2D eigenvalue weighted by Crippen LogP contribution is 2.29. The van der Waals surface area contributed by atoms with E-state index >= 15 is 0 Å². The molecule has 98 valence electrons. The molecule has 0 heterocycles. The van der Waals surface area contributed by atoms with Crippen molar-refractivity contribution < 1.29 is 0 Å². The molecule has 0 amide bonds. The smallest absolute Gasteiger partial charge is 0.106 e. The summed E-state index contributed by atoms with van der Waals surface area (Å²) in [5.74, 6) is 0.959. The van der Waals surface area contributed by atoms with Gasteiger partial charge in [0.25, 0.3) is 0 Å². The predicted octanol–water partition coefficient (Wildman–Crippen LogP) is 2.39. The normalized spacial score (nSPS) is 19.0. The molecule has 17 heavy (non-hydrogen) atoms. The Labute approximate surface area is 106 Å². The maximum Gasteiger partial charge on any atom is 0.106 e. The third kappa shape index (κ3) is 5.06. The molecule has 1 aliphatic carbocycles. The van der Waals surface area contributed by atoms with Gasteiger partial charge in [-0.25, -0.2) is 0 Å². The molecular formula is C14H27N3. The Kier molecular flexibility index (Phi) is 5.94. The average Bonchev–Trinajstić information content (AvgIpc) is 3.11. The standard InChI is InChI=1S/C14H27N3/c1-4-14(12-15,16-5-2)9-6-10-17(3)11-13-7-8-13/h13,16H,4-11H2,1-3H3. The van der Waals surface area contributed by atoms with Gasteiger partial charge in [-0.3, -0.25) is 5.32 Å². The van der Waals surface area contributed by atoms with Crippen molar-refractivity contribution in [1.29, 1.82) is 5.26 Å². The molecule has 0 aliphatic heterocycles. The van der Waals surface area contributed by atoms with Crippen molar-refractivity contribution in [2.45, 2.75) is 51.5 Å². The second-order valence-electron chi connectivity index (χ2n) is 5.39. The molecule has 0 bridgehead atoms. The molecule has 1 rings (SSSR count). The molecule has 0 aromatic heterocycles. The summed E-state index contributed by atoms with van der Waals surface area (Å²) in [4.78, 5) is 2.42. The van der Waals surface area contributed by atoms with Crippen LogP contribution in [0.1, 0.15) is 46.0 Å². The Hall–Kier alpha value is -0.590. The monoisotopic (exact) mass is 237 g/mol. The first kappa shape index (κ1) is 14.5. The average molecular weight is 237 g/mol. The minimum absolute atomic E-state index is 0.296. The van der Waals surface area contributed by atoms with Gasteiger partial charge in [-0.05, 0) is 58.2 Å². The quantitative estimate of drug-likeness (QED) is 0.669. The van der Waals surface area contributed by atoms with Crippen LogP contribution in [-0.4, -0.2) is 37.1 Å². The molecule has 0 aromatic carbocycles. The fourth-order valence-corrected chi connectivity index (χ4v) is 2.39. The van der Waals surface area contributed by atoms with Crippen LogP contribution in [0.25, 0.3) is 0 Å². The molecule has 1 unspecified atom stereocenters. The highest BCUT2D eigenvalue weighted by Gasteiger charge is 2.27. The third-order valence-electron chi connectivity index (χ3n) is 3.74. The van der Waals surface area contributed by atoms with Gasteiger partial charge in [-0.1, -0.05) is 13.8 Å². The van der Waals surface area contributed by atoms with Gasteiger partial charge in [0.2, 0.25) is 0 Å². The van der Waals surface area contributed by atoms with Crippen molar-refractivity contribution in [3.8, 4) is 6.07 Å². The van der Waals surface area contributed by atoms with E-state index in [0.29, 0.717) is 0 Å². The van der Waals surface area contributed by atoms with Gasteiger partial charge in [-0.2, -0.15) is 5.26 Å². The number of hydrogen-bond donors (Lipinski definition) is 1. The minimum Gasteiger partial charge on any atom is -0.306 e. The van der Waals surface area contributed by atoms with Crippen molar-refractivity contribution in [2.75, 3.05) is 26.7 Å². The van der Waals surface area contributed by atoms with Crippen LogP contribution in [0.15, 0.2) is 0 Å². The van der Waals surface area contributed by atoms with E-state index in [4.69, 9.17) is 0 Å². The largest absolute Gasteiger partial charge is 0.306 e. The van der Waals surface area contributed by atoms with Gasteiger partial charge in [-0.15, -0.1) is 0 Å². The molecule has 0 aromatic rings. The fourth-order valence-electron chi connectivity index (χ4n) is 2.39. The summed E-state index contributed by atoms with van der Waals surface area (Å²) in [7, 11) is 2.20. The van der Waals surface area contributed by atoms with Crippen LogP contribution in [0.4, 0.5) is 0 Å². The Morgan fingerprint density at radius 1 is 1.41 bits per heavy atom. The van der Waals surface area contributed by atoms with Crippen molar-refractivity contribution in [3.63, 3.8) is 0 Å². The molecule has 1 aliphatic rings. The zero-order chi connectivity index (χ0) is 12.7. The lowest BCUT2D eigenvalue weighted by Crippen LogP contribution is -2.43. The maximum atomic E-state index is 9.30. The molecule has 3 nitrogen and oxygen atoms in total. The van der Waals surface area contributed by atoms with E-state index in [-0.39, 0.29) is 5.54 Å². The summed E-state index contributed by atoms with van der Waals surface area (Å²) in [6.07, 6.45) is 5.79. The van der Waals surface area contributed by atoms with E-state index in [1.807, 2.05) is 0 Å². The summed E-state index contributed by atoms with van der Waals surface area (Å²) in [5, 5.41) is 12.6. The highest BCUT2D eigenvalue weighted by atomic mass is 15.1. The highest BCUT2D eigenvalue weighted by molar-refractivity contribution is 5.05. The Morgan fingerprint density at radius 3 is 2.59 bits per heavy atom. The minimum atomic E-state index is -0.296. The van der Waals surface area contributed by atoms with E-state index in [1.165, 1.54) is 19.4 Å². The number of nitrogens with one attached hydrogen (secondary N) is 1. The van der Waals surface area contributed by atoms with Crippen LogP contribution in [0.3, 0.4) is 0 Å². The molecule has 1 fully saturated rings. The molecule has 0 saturated heterocycles. The second-order valence-corrected chi connectivity index (χ2v) is 5.39. The van der Waals surface area contributed by atoms with E-state index < -0.39 is 0 Å². The first-order valence-electron chi connectivity index (χ1n) is 7.00. The zero-order valence-corrected chi connectivity index (χ0v) is 11.6. The molecule has 3 heteroatoms. The fraction of sp³-hybridized carbons (Fsp3) is 0.929. The van der Waals surface area contributed by atoms with Gasteiger partial charge in [0.1, 0.15) is 5.54 Å². The lowest BCUT2D eigenvalue weighted by molar-refractivity contribution is 0.287. The lowest BCUT2D eigenvalue weighted by atomic mass is 9.92. The first-order chi connectivity index (χ1) is 8.15. The third-order valence-corrected chi connectivity index (χ3v) is 3.74. The van der Waals surface area contributed by atoms with Crippen molar-refractivity contribution in [1.82, 2.24) is 10.2 Å². The van der Waals surface area contributed by atoms with Gasteiger partial charge < -0.3 is 4.90 Å². The Morgan fingerprint density at radius 2 is 2.12 bits per heavy atom. The second kappa shape index (κ2) is 6.98. The summed E-state index contributed by atoms with van der Waals surface area (Å²) in [6.45, 7) is 7.40. The summed E-state index contributed by atoms with van der Waals surface area (Å²) in [6, 6.07) is 2.46. The number of nitriles is 1. The van der Waals surface area contributed by atoms with Gasteiger partial charge in [0, 0.05) is 6.54 Å². The topological polar surface area (TPSA) is 39.1 Å². The SMILES string of the molecule is CCNC(C#N)(CC)CCCN(C)CC1CC1. The summed E-state index contributed by atoms with van der Waals surface area (Å²) in [5.41, 5.74) is -0.296. The van der Waals surface area contributed by atoms with Crippen molar-refractivity contribution >= 4 is 0 Å². The van der Waals surface area contributed by atoms with Crippen molar-refractivity contribution in [2.24, 2.45) is 5.92 Å². The zero-order valence-electron chi connectivity index (χ0n) is 11.6. The Balaban J connectivity index is 2.23. The summed E-state index contributed by atoms with van der Waals surface area (Å²) < 4.78 is 0. The lowest BCUT2D eigenvalue weighted by Gasteiger charge is -2.27. The Bertz CT molecular complexity index is 255. The van der Waals surface area contributed by atoms with E-state index in [0.717, 1.165) is 38.3 Å². The van der Waals surface area contributed by atoms with Crippen LogP contribution in [0, 0.1) is 17.2 Å². The molecule has 1 atom stereocenters. The van der Waals surface area contributed by atoms with Gasteiger partial charge >= 0.3 is 0 Å². The first-order valence-corrected chi connectivity index (χ1v) is 7.00. The number of nitrogens with zero attached hydrogens (tertiary/aromatic N) is 2. The van der Waals surface area contributed by atoms with Crippen LogP contribution in [-0.2, 0) is 0 Å². The van der Waals surface area contributed by atoms with Crippen LogP contribution >= 0.6 is 0 Å². The summed E-state index contributed by atoms with van der Waals surface area (Å²) >= 11 is 0. The van der Waals surface area contributed by atoms with Crippen molar-refractivity contribution in [3.05, 3.63) is 0 Å². The van der Waals surface area contributed by atoms with Crippen LogP contribution < -0.4 is 5.32 Å². The van der Waals surface area contributed by atoms with E-state index in [9.17, 15) is 5.26 Å². The molecule has 0 spiro atoms. The number of rotatable bonds is 9. The number of hydrogen-bond acceptors (Lipinski definition) is 3. The van der Waals surface area contributed by atoms with Crippen LogP contribution in [0.5, 0.6) is 0 Å². The molecular weight excluding hydrogens is 210 g/mol. The molecule has 1 N–H and O–H groups in total. The van der Waals surface area contributed by atoms with Gasteiger partial charge in [0.05, 0.1) is 6.07 Å². The maximum absolute atomic E-state index is 9.30. The predicted molar refractivity (Wildman–Crippen MR) is 71.8 cm³/mol. The van der Waals surface area contributed by atoms with Crippen LogP contribution in [0.2, 0.25) is 0 Å². The molecule has 1 saturated carbocycles.